The maximum atomic E-state index is 10.1. The molecule has 1 aromatic rings. The van der Waals surface area contributed by atoms with E-state index in [1.807, 2.05) is 6.07 Å². The third kappa shape index (κ3) is 4.97. The molecule has 0 aliphatic carbocycles. The van der Waals surface area contributed by atoms with Crippen LogP contribution >= 0.6 is 12.4 Å². The Hall–Kier alpha value is -0.570. The number of aliphatic hydroxyl groups excluding tert-OH is 1. The highest BCUT2D eigenvalue weighted by molar-refractivity contribution is 5.85. The normalized spacial score (nSPS) is 14.2. The Kier molecular flexibility index (Phi) is 7.53. The summed E-state index contributed by atoms with van der Waals surface area (Å²) in [5.74, 6) is 0.607. The smallest absolute Gasteiger partial charge is 0.0733 e. The molecule has 2 atom stereocenters. The van der Waals surface area contributed by atoms with Crippen LogP contribution in [0, 0.1) is 19.8 Å². The SMILES string of the molecule is Cc1ccc([C@@H](N)[C@@H](O)CCC(C)C)c(C)c1.Cl. The van der Waals surface area contributed by atoms with Gasteiger partial charge in [-0.05, 0) is 43.7 Å². The minimum absolute atomic E-state index is 0. The quantitative estimate of drug-likeness (QED) is 0.861. The van der Waals surface area contributed by atoms with E-state index in [1.54, 1.807) is 0 Å². The first-order valence-corrected chi connectivity index (χ1v) is 6.42. The van der Waals surface area contributed by atoms with Crippen LogP contribution in [-0.4, -0.2) is 11.2 Å². The average molecular weight is 272 g/mol. The number of nitrogens with two attached hydrogens (primary N) is 1. The van der Waals surface area contributed by atoms with Crippen molar-refractivity contribution < 1.29 is 5.11 Å². The minimum Gasteiger partial charge on any atom is -0.391 e. The Balaban J connectivity index is 0.00000289. The van der Waals surface area contributed by atoms with E-state index in [0.29, 0.717) is 5.92 Å². The van der Waals surface area contributed by atoms with Crippen molar-refractivity contribution in [2.24, 2.45) is 11.7 Å². The predicted octanol–water partition coefficient (Wildman–Crippen LogP) is 3.52. The van der Waals surface area contributed by atoms with Crippen molar-refractivity contribution in [3.8, 4) is 0 Å². The number of benzene rings is 1. The van der Waals surface area contributed by atoms with Gasteiger partial charge in [0.1, 0.15) is 0 Å². The molecule has 0 bridgehead atoms. The fourth-order valence-electron chi connectivity index (χ4n) is 2.09. The summed E-state index contributed by atoms with van der Waals surface area (Å²) in [6, 6.07) is 5.93. The van der Waals surface area contributed by atoms with E-state index < -0.39 is 6.10 Å². The molecule has 0 saturated heterocycles. The molecular weight excluding hydrogens is 246 g/mol. The van der Waals surface area contributed by atoms with Gasteiger partial charge in [-0.3, -0.25) is 0 Å². The van der Waals surface area contributed by atoms with Gasteiger partial charge in [0.15, 0.2) is 0 Å². The summed E-state index contributed by atoms with van der Waals surface area (Å²) in [6.07, 6.45) is 1.34. The van der Waals surface area contributed by atoms with Gasteiger partial charge >= 0.3 is 0 Å². The van der Waals surface area contributed by atoms with Crippen LogP contribution in [0.2, 0.25) is 0 Å². The molecule has 3 heteroatoms. The van der Waals surface area contributed by atoms with Gasteiger partial charge < -0.3 is 10.8 Å². The summed E-state index contributed by atoms with van der Waals surface area (Å²) < 4.78 is 0. The fraction of sp³-hybridized carbons (Fsp3) is 0.600. The molecule has 2 nitrogen and oxygen atoms in total. The van der Waals surface area contributed by atoms with E-state index in [9.17, 15) is 5.11 Å². The van der Waals surface area contributed by atoms with Crippen molar-refractivity contribution in [1.82, 2.24) is 0 Å². The highest BCUT2D eigenvalue weighted by atomic mass is 35.5. The van der Waals surface area contributed by atoms with Gasteiger partial charge in [-0.1, -0.05) is 37.6 Å². The lowest BCUT2D eigenvalue weighted by atomic mass is 9.92. The molecule has 0 unspecified atom stereocenters. The van der Waals surface area contributed by atoms with Crippen molar-refractivity contribution in [2.45, 2.75) is 52.7 Å². The van der Waals surface area contributed by atoms with Crippen LogP contribution in [0.4, 0.5) is 0 Å². The first kappa shape index (κ1) is 17.4. The number of halogens is 1. The summed E-state index contributed by atoms with van der Waals surface area (Å²) in [5, 5.41) is 10.1. The second kappa shape index (κ2) is 7.78. The third-order valence-corrected chi connectivity index (χ3v) is 3.24. The molecule has 104 valence electrons. The number of hydrogen-bond donors (Lipinski definition) is 2. The Labute approximate surface area is 117 Å². The highest BCUT2D eigenvalue weighted by Crippen LogP contribution is 2.23. The molecule has 18 heavy (non-hydrogen) atoms. The van der Waals surface area contributed by atoms with E-state index in [4.69, 9.17) is 5.73 Å². The maximum Gasteiger partial charge on any atom is 0.0733 e. The number of aryl methyl sites for hydroxylation is 2. The largest absolute Gasteiger partial charge is 0.391 e. The van der Waals surface area contributed by atoms with E-state index in [1.165, 1.54) is 11.1 Å². The molecule has 0 heterocycles. The molecule has 1 rings (SSSR count). The Morgan fingerprint density at radius 1 is 1.17 bits per heavy atom. The highest BCUT2D eigenvalue weighted by Gasteiger charge is 2.18. The third-order valence-electron chi connectivity index (χ3n) is 3.24. The van der Waals surface area contributed by atoms with Crippen LogP contribution in [0.15, 0.2) is 18.2 Å². The van der Waals surface area contributed by atoms with Gasteiger partial charge in [0.25, 0.3) is 0 Å². The topological polar surface area (TPSA) is 46.2 Å². The Morgan fingerprint density at radius 2 is 1.78 bits per heavy atom. The second-order valence-corrected chi connectivity index (χ2v) is 5.42. The lowest BCUT2D eigenvalue weighted by Gasteiger charge is -2.22. The van der Waals surface area contributed by atoms with Crippen molar-refractivity contribution in [3.05, 3.63) is 34.9 Å². The molecule has 0 saturated carbocycles. The van der Waals surface area contributed by atoms with E-state index in [2.05, 4.69) is 39.8 Å². The van der Waals surface area contributed by atoms with Gasteiger partial charge in [0, 0.05) is 0 Å². The second-order valence-electron chi connectivity index (χ2n) is 5.42. The van der Waals surface area contributed by atoms with E-state index in [0.717, 1.165) is 18.4 Å². The van der Waals surface area contributed by atoms with Gasteiger partial charge in [0.2, 0.25) is 0 Å². The van der Waals surface area contributed by atoms with Crippen LogP contribution in [0.25, 0.3) is 0 Å². The zero-order valence-electron chi connectivity index (χ0n) is 11.8. The summed E-state index contributed by atoms with van der Waals surface area (Å²) in [6.45, 7) is 8.44. The lowest BCUT2D eigenvalue weighted by molar-refractivity contribution is 0.128. The van der Waals surface area contributed by atoms with Crippen LogP contribution in [0.3, 0.4) is 0 Å². The molecule has 0 radical (unpaired) electrons. The van der Waals surface area contributed by atoms with Crippen molar-refractivity contribution >= 4 is 12.4 Å². The van der Waals surface area contributed by atoms with Gasteiger partial charge in [-0.15, -0.1) is 12.4 Å². The monoisotopic (exact) mass is 271 g/mol. The molecule has 0 amide bonds. The molecule has 0 aliphatic heterocycles. The molecule has 0 spiro atoms. The van der Waals surface area contributed by atoms with Crippen molar-refractivity contribution in [3.63, 3.8) is 0 Å². The first-order valence-electron chi connectivity index (χ1n) is 6.42. The number of rotatable bonds is 5. The zero-order chi connectivity index (χ0) is 13.0. The first-order chi connectivity index (χ1) is 7.91. The molecule has 3 N–H and O–H groups in total. The summed E-state index contributed by atoms with van der Waals surface area (Å²) in [7, 11) is 0. The molecule has 0 fully saturated rings. The molecule has 0 aliphatic rings. The van der Waals surface area contributed by atoms with Gasteiger partial charge in [0.05, 0.1) is 12.1 Å². The predicted molar refractivity (Wildman–Crippen MR) is 80.2 cm³/mol. The molecule has 0 aromatic heterocycles. The van der Waals surface area contributed by atoms with Crippen LogP contribution in [0.1, 0.15) is 49.4 Å². The summed E-state index contributed by atoms with van der Waals surface area (Å²) >= 11 is 0. The molecular formula is C15H26ClNO. The Bertz CT molecular complexity index is 366. The van der Waals surface area contributed by atoms with Gasteiger partial charge in [-0.2, -0.15) is 0 Å². The van der Waals surface area contributed by atoms with Crippen LogP contribution < -0.4 is 5.73 Å². The number of hydrogen-bond acceptors (Lipinski definition) is 2. The average Bonchev–Trinajstić information content (AvgIpc) is 2.25. The van der Waals surface area contributed by atoms with Crippen LogP contribution in [-0.2, 0) is 0 Å². The lowest BCUT2D eigenvalue weighted by Crippen LogP contribution is -2.27. The molecule has 1 aromatic carbocycles. The van der Waals surface area contributed by atoms with Crippen molar-refractivity contribution in [2.75, 3.05) is 0 Å². The summed E-state index contributed by atoms with van der Waals surface area (Å²) in [5.41, 5.74) is 9.59. The van der Waals surface area contributed by atoms with Crippen LogP contribution in [0.5, 0.6) is 0 Å². The van der Waals surface area contributed by atoms with Crippen molar-refractivity contribution in [1.29, 1.82) is 0 Å². The minimum atomic E-state index is -0.446. The fourth-order valence-corrected chi connectivity index (χ4v) is 2.09. The van der Waals surface area contributed by atoms with E-state index >= 15 is 0 Å². The number of aliphatic hydroxyl groups is 1. The zero-order valence-corrected chi connectivity index (χ0v) is 12.6. The standard InChI is InChI=1S/C15H25NO.ClH/c1-10(2)5-8-14(17)15(16)13-7-6-11(3)9-12(13)4;/h6-7,9-10,14-15,17H,5,8,16H2,1-4H3;1H/t14-,15+;/m0./s1. The van der Waals surface area contributed by atoms with E-state index in [-0.39, 0.29) is 18.4 Å². The maximum absolute atomic E-state index is 10.1. The summed E-state index contributed by atoms with van der Waals surface area (Å²) in [4.78, 5) is 0. The Morgan fingerprint density at radius 3 is 2.28 bits per heavy atom. The van der Waals surface area contributed by atoms with Gasteiger partial charge in [-0.25, -0.2) is 0 Å².